The lowest BCUT2D eigenvalue weighted by Crippen LogP contribution is -2.22. The second-order valence-corrected chi connectivity index (χ2v) is 4.71. The molecule has 0 N–H and O–H groups in total. The molecule has 0 bridgehead atoms. The smallest absolute Gasteiger partial charge is 0.0715 e. The molecule has 0 aromatic heterocycles. The maximum absolute atomic E-state index is 10.8. The minimum Gasteiger partial charge on any atom is -0.545 e. The van der Waals surface area contributed by atoms with E-state index in [0.29, 0.717) is 5.02 Å². The van der Waals surface area contributed by atoms with E-state index < -0.39 is 5.97 Å². The quantitative estimate of drug-likeness (QED) is 0.832. The molecule has 2 nitrogen and oxygen atoms in total. The van der Waals surface area contributed by atoms with Crippen molar-refractivity contribution in [3.05, 3.63) is 58.1 Å². The van der Waals surface area contributed by atoms with E-state index in [0.717, 1.165) is 22.3 Å². The Morgan fingerprint density at radius 3 is 2.28 bits per heavy atom. The van der Waals surface area contributed by atoms with Crippen LogP contribution >= 0.6 is 11.6 Å². The van der Waals surface area contributed by atoms with E-state index in [1.807, 2.05) is 32.0 Å². The van der Waals surface area contributed by atoms with Gasteiger partial charge in [-0.25, -0.2) is 0 Å². The van der Waals surface area contributed by atoms with Gasteiger partial charge in [-0.1, -0.05) is 35.9 Å². The Morgan fingerprint density at radius 2 is 1.72 bits per heavy atom. The van der Waals surface area contributed by atoms with Crippen molar-refractivity contribution in [3.63, 3.8) is 0 Å². The molecule has 2 rings (SSSR count). The number of hydrogen-bond acceptors (Lipinski definition) is 2. The minimum atomic E-state index is -1.17. The zero-order valence-corrected chi connectivity index (χ0v) is 10.9. The van der Waals surface area contributed by atoms with Crippen molar-refractivity contribution in [2.24, 2.45) is 0 Å². The van der Waals surface area contributed by atoms with E-state index in [2.05, 4.69) is 0 Å². The Balaban J connectivity index is 2.54. The van der Waals surface area contributed by atoms with Crippen molar-refractivity contribution in [3.8, 4) is 11.1 Å². The van der Waals surface area contributed by atoms with E-state index in [1.165, 1.54) is 6.07 Å². The average molecular weight is 260 g/mol. The fourth-order valence-electron chi connectivity index (χ4n) is 1.93. The van der Waals surface area contributed by atoms with E-state index in [-0.39, 0.29) is 5.56 Å². The summed E-state index contributed by atoms with van der Waals surface area (Å²) in [7, 11) is 0. The summed E-state index contributed by atoms with van der Waals surface area (Å²) in [4.78, 5) is 10.8. The van der Waals surface area contributed by atoms with Gasteiger partial charge in [0.05, 0.1) is 5.97 Å². The minimum absolute atomic E-state index is 0.180. The molecule has 0 aliphatic rings. The van der Waals surface area contributed by atoms with Crippen LogP contribution in [-0.4, -0.2) is 5.97 Å². The molecule has 2 aromatic carbocycles. The second kappa shape index (κ2) is 4.83. The van der Waals surface area contributed by atoms with Crippen LogP contribution in [0.5, 0.6) is 0 Å². The van der Waals surface area contributed by atoms with Crippen molar-refractivity contribution >= 4 is 17.6 Å². The topological polar surface area (TPSA) is 40.1 Å². The maximum atomic E-state index is 10.8. The summed E-state index contributed by atoms with van der Waals surface area (Å²) < 4.78 is 0. The molecular weight excluding hydrogens is 248 g/mol. The van der Waals surface area contributed by atoms with Crippen LogP contribution < -0.4 is 5.11 Å². The van der Waals surface area contributed by atoms with Crippen LogP contribution in [-0.2, 0) is 0 Å². The Bertz CT molecular complexity index is 618. The number of halogens is 1. The molecule has 18 heavy (non-hydrogen) atoms. The zero-order chi connectivity index (χ0) is 13.3. The summed E-state index contributed by atoms with van der Waals surface area (Å²) in [6.45, 7) is 3.83. The molecule has 0 spiro atoms. The van der Waals surface area contributed by atoms with Gasteiger partial charge >= 0.3 is 0 Å². The van der Waals surface area contributed by atoms with Crippen molar-refractivity contribution < 1.29 is 9.90 Å². The SMILES string of the molecule is Cc1ccc(-c2ccc(C(=O)[O-])cc2C)c(Cl)c1. The molecule has 0 atom stereocenters. The van der Waals surface area contributed by atoms with Crippen LogP contribution in [0.1, 0.15) is 21.5 Å². The molecule has 0 unspecified atom stereocenters. The van der Waals surface area contributed by atoms with Crippen molar-refractivity contribution in [2.75, 3.05) is 0 Å². The fourth-order valence-corrected chi connectivity index (χ4v) is 2.27. The molecular formula is C15H12ClO2-. The van der Waals surface area contributed by atoms with Crippen molar-refractivity contribution in [1.29, 1.82) is 0 Å². The average Bonchev–Trinajstić information content (AvgIpc) is 2.30. The largest absolute Gasteiger partial charge is 0.545 e. The van der Waals surface area contributed by atoms with Crippen LogP contribution in [0.4, 0.5) is 0 Å². The van der Waals surface area contributed by atoms with E-state index in [4.69, 9.17) is 11.6 Å². The standard InChI is InChI=1S/C15H13ClO2/c1-9-3-5-13(14(16)7-9)12-6-4-11(15(17)18)8-10(12)2/h3-8H,1-2H3,(H,17,18)/p-1. The Kier molecular flexibility index (Phi) is 3.39. The molecule has 0 saturated carbocycles. The van der Waals surface area contributed by atoms with Gasteiger partial charge in [0.25, 0.3) is 0 Å². The first-order chi connectivity index (χ1) is 8.49. The highest BCUT2D eigenvalue weighted by Crippen LogP contribution is 2.31. The maximum Gasteiger partial charge on any atom is 0.0715 e. The van der Waals surface area contributed by atoms with Gasteiger partial charge in [-0.3, -0.25) is 0 Å². The summed E-state index contributed by atoms with van der Waals surface area (Å²) in [5, 5.41) is 11.4. The predicted molar refractivity (Wildman–Crippen MR) is 70.7 cm³/mol. The lowest BCUT2D eigenvalue weighted by Gasteiger charge is -2.11. The van der Waals surface area contributed by atoms with Gasteiger partial charge in [-0.2, -0.15) is 0 Å². The number of carbonyl (C=O) groups excluding carboxylic acids is 1. The second-order valence-electron chi connectivity index (χ2n) is 4.30. The number of rotatable bonds is 2. The highest BCUT2D eigenvalue weighted by molar-refractivity contribution is 6.33. The molecule has 2 aromatic rings. The number of carboxylic acid groups (broad SMARTS) is 1. The molecule has 0 saturated heterocycles. The summed E-state index contributed by atoms with van der Waals surface area (Å²) in [5.41, 5.74) is 3.98. The van der Waals surface area contributed by atoms with Gasteiger partial charge in [-0.15, -0.1) is 0 Å². The zero-order valence-electron chi connectivity index (χ0n) is 10.2. The van der Waals surface area contributed by atoms with E-state index >= 15 is 0 Å². The molecule has 0 amide bonds. The number of carbonyl (C=O) groups is 1. The summed E-state index contributed by atoms with van der Waals surface area (Å²) in [6.07, 6.45) is 0. The first kappa shape index (κ1) is 12.7. The number of aryl methyl sites for hydroxylation is 2. The summed E-state index contributed by atoms with van der Waals surface area (Å²) in [6, 6.07) is 10.7. The van der Waals surface area contributed by atoms with Crippen molar-refractivity contribution in [2.45, 2.75) is 13.8 Å². The number of carboxylic acids is 1. The first-order valence-corrected chi connectivity index (χ1v) is 5.95. The molecule has 3 heteroatoms. The molecule has 92 valence electrons. The third-order valence-electron chi connectivity index (χ3n) is 2.88. The van der Waals surface area contributed by atoms with Crippen LogP contribution in [0, 0.1) is 13.8 Å². The van der Waals surface area contributed by atoms with Crippen LogP contribution in [0.15, 0.2) is 36.4 Å². The van der Waals surface area contributed by atoms with Gasteiger partial charge in [-0.05, 0) is 48.2 Å². The van der Waals surface area contributed by atoms with Gasteiger partial charge in [0.2, 0.25) is 0 Å². The number of aromatic carboxylic acids is 1. The van der Waals surface area contributed by atoms with Crippen LogP contribution in [0.25, 0.3) is 11.1 Å². The Labute approximate surface area is 111 Å². The summed E-state index contributed by atoms with van der Waals surface area (Å²) >= 11 is 6.21. The predicted octanol–water partition coefficient (Wildman–Crippen LogP) is 2.99. The summed E-state index contributed by atoms with van der Waals surface area (Å²) in [5.74, 6) is -1.17. The van der Waals surface area contributed by atoms with Gasteiger partial charge in [0.15, 0.2) is 0 Å². The Hall–Kier alpha value is -1.80. The van der Waals surface area contributed by atoms with E-state index in [1.54, 1.807) is 12.1 Å². The highest BCUT2D eigenvalue weighted by atomic mass is 35.5. The van der Waals surface area contributed by atoms with E-state index in [9.17, 15) is 9.90 Å². The molecule has 0 fully saturated rings. The molecule has 0 aliphatic carbocycles. The van der Waals surface area contributed by atoms with Crippen molar-refractivity contribution in [1.82, 2.24) is 0 Å². The van der Waals surface area contributed by atoms with Gasteiger partial charge < -0.3 is 9.90 Å². The fraction of sp³-hybridized carbons (Fsp3) is 0.133. The monoisotopic (exact) mass is 259 g/mol. The molecule has 0 heterocycles. The molecule has 0 aliphatic heterocycles. The Morgan fingerprint density at radius 1 is 1.06 bits per heavy atom. The number of benzene rings is 2. The van der Waals surface area contributed by atoms with Crippen LogP contribution in [0.2, 0.25) is 5.02 Å². The van der Waals surface area contributed by atoms with Crippen LogP contribution in [0.3, 0.4) is 0 Å². The third-order valence-corrected chi connectivity index (χ3v) is 3.19. The first-order valence-electron chi connectivity index (χ1n) is 5.57. The lowest BCUT2D eigenvalue weighted by atomic mass is 9.97. The molecule has 0 radical (unpaired) electrons. The third kappa shape index (κ3) is 2.39. The normalized spacial score (nSPS) is 10.4. The highest BCUT2D eigenvalue weighted by Gasteiger charge is 2.07. The number of hydrogen-bond donors (Lipinski definition) is 0. The lowest BCUT2D eigenvalue weighted by molar-refractivity contribution is -0.255. The van der Waals surface area contributed by atoms with Gasteiger partial charge in [0.1, 0.15) is 0 Å². The van der Waals surface area contributed by atoms with Gasteiger partial charge in [0, 0.05) is 10.6 Å².